The largest absolute Gasteiger partial charge is 0.295 e. The van der Waals surface area contributed by atoms with Crippen molar-refractivity contribution >= 4 is 11.6 Å². The Morgan fingerprint density at radius 1 is 1.18 bits per heavy atom. The minimum absolute atomic E-state index is 0.213. The van der Waals surface area contributed by atoms with Crippen LogP contribution < -0.4 is 5.32 Å². The lowest BCUT2D eigenvalue weighted by molar-refractivity contribution is 0.360. The molecule has 0 spiro atoms. The summed E-state index contributed by atoms with van der Waals surface area (Å²) >= 11 is 5.85. The summed E-state index contributed by atoms with van der Waals surface area (Å²) in [5, 5.41) is 13.4. The van der Waals surface area contributed by atoms with E-state index in [4.69, 9.17) is 11.6 Å². The molecule has 0 saturated heterocycles. The van der Waals surface area contributed by atoms with E-state index in [1.54, 1.807) is 0 Å². The summed E-state index contributed by atoms with van der Waals surface area (Å²) in [5.41, 5.74) is 1.00. The van der Waals surface area contributed by atoms with Crippen LogP contribution >= 0.6 is 11.6 Å². The van der Waals surface area contributed by atoms with E-state index in [1.807, 2.05) is 24.3 Å². The molecule has 0 aliphatic heterocycles. The molecule has 90 valence electrons. The number of rotatable bonds is 3. The maximum absolute atomic E-state index is 9.23. The molecule has 1 aliphatic rings. The average Bonchev–Trinajstić information content (AvgIpc) is 2.38. The summed E-state index contributed by atoms with van der Waals surface area (Å²) in [7, 11) is 0. The molecule has 0 aromatic heterocycles. The second kappa shape index (κ2) is 6.05. The molecule has 1 saturated carbocycles. The minimum atomic E-state index is -0.213. The van der Waals surface area contributed by atoms with Crippen LogP contribution in [0.4, 0.5) is 0 Å². The molecule has 1 aliphatic carbocycles. The molecule has 0 heterocycles. The van der Waals surface area contributed by atoms with Gasteiger partial charge in [-0.15, -0.1) is 0 Å². The van der Waals surface area contributed by atoms with Crippen molar-refractivity contribution in [3.63, 3.8) is 0 Å². The normalized spacial score (nSPS) is 18.6. The number of nitriles is 1. The van der Waals surface area contributed by atoms with Crippen molar-refractivity contribution in [2.45, 2.75) is 44.2 Å². The van der Waals surface area contributed by atoms with Crippen molar-refractivity contribution in [2.75, 3.05) is 0 Å². The Kier molecular flexibility index (Phi) is 4.42. The highest BCUT2D eigenvalue weighted by Crippen LogP contribution is 2.22. The van der Waals surface area contributed by atoms with Gasteiger partial charge >= 0.3 is 0 Å². The molecule has 1 N–H and O–H groups in total. The first-order valence-corrected chi connectivity index (χ1v) is 6.58. The molecule has 2 nitrogen and oxygen atoms in total. The fourth-order valence-corrected chi connectivity index (χ4v) is 2.49. The molecule has 3 heteroatoms. The summed E-state index contributed by atoms with van der Waals surface area (Å²) in [6.45, 7) is 0. The van der Waals surface area contributed by atoms with Crippen LogP contribution in [-0.2, 0) is 0 Å². The van der Waals surface area contributed by atoms with Gasteiger partial charge in [0.15, 0.2) is 0 Å². The van der Waals surface area contributed by atoms with Gasteiger partial charge in [-0.3, -0.25) is 5.32 Å². The van der Waals surface area contributed by atoms with Crippen molar-refractivity contribution in [1.29, 1.82) is 5.26 Å². The molecule has 0 bridgehead atoms. The summed E-state index contributed by atoms with van der Waals surface area (Å²) < 4.78 is 0. The number of halogens is 1. The molecule has 1 aromatic rings. The molecular formula is C14H17ClN2. The van der Waals surface area contributed by atoms with E-state index >= 15 is 0 Å². The van der Waals surface area contributed by atoms with E-state index in [0.717, 1.165) is 5.56 Å². The summed E-state index contributed by atoms with van der Waals surface area (Å²) in [6, 6.07) is 10.1. The number of nitrogens with one attached hydrogen (secondary N) is 1. The third-order valence-electron chi connectivity index (χ3n) is 3.34. The lowest BCUT2D eigenvalue weighted by Crippen LogP contribution is -2.33. The van der Waals surface area contributed by atoms with Gasteiger partial charge in [0.25, 0.3) is 0 Å². The zero-order chi connectivity index (χ0) is 12.1. The van der Waals surface area contributed by atoms with E-state index in [-0.39, 0.29) is 6.04 Å². The van der Waals surface area contributed by atoms with Crippen LogP contribution in [-0.4, -0.2) is 6.04 Å². The van der Waals surface area contributed by atoms with E-state index in [0.29, 0.717) is 11.1 Å². The Bertz CT molecular complexity index is 388. The maximum atomic E-state index is 9.23. The summed E-state index contributed by atoms with van der Waals surface area (Å²) in [5.74, 6) is 0. The predicted octanol–water partition coefficient (Wildman–Crippen LogP) is 3.83. The molecule has 1 aromatic carbocycles. The maximum Gasteiger partial charge on any atom is 0.121 e. The van der Waals surface area contributed by atoms with Crippen LogP contribution in [0.25, 0.3) is 0 Å². The van der Waals surface area contributed by atoms with Crippen LogP contribution in [0.3, 0.4) is 0 Å². The number of nitrogens with zero attached hydrogens (tertiary/aromatic N) is 1. The Morgan fingerprint density at radius 3 is 2.41 bits per heavy atom. The minimum Gasteiger partial charge on any atom is -0.295 e. The molecule has 1 atom stereocenters. The Labute approximate surface area is 108 Å². The number of benzene rings is 1. The molecule has 1 unspecified atom stereocenters. The highest BCUT2D eigenvalue weighted by atomic mass is 35.5. The first-order valence-electron chi connectivity index (χ1n) is 6.21. The topological polar surface area (TPSA) is 35.8 Å². The Morgan fingerprint density at radius 2 is 1.82 bits per heavy atom. The lowest BCUT2D eigenvalue weighted by atomic mass is 9.94. The van der Waals surface area contributed by atoms with Crippen LogP contribution in [0.15, 0.2) is 24.3 Å². The number of hydrogen-bond acceptors (Lipinski definition) is 2. The van der Waals surface area contributed by atoms with Gasteiger partial charge in [-0.25, -0.2) is 0 Å². The lowest BCUT2D eigenvalue weighted by Gasteiger charge is -2.25. The SMILES string of the molecule is N#CC(NC1CCCCC1)c1ccc(Cl)cc1. The molecule has 17 heavy (non-hydrogen) atoms. The third kappa shape index (κ3) is 3.46. The molecular weight excluding hydrogens is 232 g/mol. The van der Waals surface area contributed by atoms with Gasteiger partial charge in [0.05, 0.1) is 6.07 Å². The van der Waals surface area contributed by atoms with Crippen molar-refractivity contribution in [2.24, 2.45) is 0 Å². The Balaban J connectivity index is 2.01. The highest BCUT2D eigenvalue weighted by molar-refractivity contribution is 6.30. The highest BCUT2D eigenvalue weighted by Gasteiger charge is 2.18. The van der Waals surface area contributed by atoms with Crippen LogP contribution in [0.2, 0.25) is 5.02 Å². The third-order valence-corrected chi connectivity index (χ3v) is 3.59. The van der Waals surface area contributed by atoms with Crippen molar-refractivity contribution in [3.05, 3.63) is 34.9 Å². The van der Waals surface area contributed by atoms with Crippen LogP contribution in [0.1, 0.15) is 43.7 Å². The van der Waals surface area contributed by atoms with Gasteiger partial charge in [-0.1, -0.05) is 43.0 Å². The van der Waals surface area contributed by atoms with Crippen molar-refractivity contribution in [3.8, 4) is 6.07 Å². The predicted molar refractivity (Wildman–Crippen MR) is 69.8 cm³/mol. The van der Waals surface area contributed by atoms with Gasteiger partial charge in [0.1, 0.15) is 6.04 Å². The van der Waals surface area contributed by atoms with Gasteiger partial charge in [-0.05, 0) is 30.5 Å². The standard InChI is InChI=1S/C14H17ClN2/c15-12-8-6-11(7-9-12)14(10-16)17-13-4-2-1-3-5-13/h6-9,13-14,17H,1-5H2. The van der Waals surface area contributed by atoms with E-state index in [9.17, 15) is 5.26 Å². The van der Waals surface area contributed by atoms with Crippen LogP contribution in [0, 0.1) is 11.3 Å². The zero-order valence-electron chi connectivity index (χ0n) is 9.82. The van der Waals surface area contributed by atoms with E-state index < -0.39 is 0 Å². The smallest absolute Gasteiger partial charge is 0.121 e. The second-order valence-electron chi connectivity index (χ2n) is 4.62. The number of hydrogen-bond donors (Lipinski definition) is 1. The first kappa shape index (κ1) is 12.4. The van der Waals surface area contributed by atoms with Gasteiger partial charge in [-0.2, -0.15) is 5.26 Å². The summed E-state index contributed by atoms with van der Waals surface area (Å²) in [4.78, 5) is 0. The molecule has 0 radical (unpaired) electrons. The fraction of sp³-hybridized carbons (Fsp3) is 0.500. The van der Waals surface area contributed by atoms with Gasteiger partial charge < -0.3 is 0 Å². The molecule has 2 rings (SSSR count). The van der Waals surface area contributed by atoms with Crippen molar-refractivity contribution in [1.82, 2.24) is 5.32 Å². The second-order valence-corrected chi connectivity index (χ2v) is 5.05. The first-order chi connectivity index (χ1) is 8.29. The van der Waals surface area contributed by atoms with Gasteiger partial charge in [0, 0.05) is 11.1 Å². The Hall–Kier alpha value is -1.04. The summed E-state index contributed by atoms with van der Waals surface area (Å²) in [6.07, 6.45) is 6.25. The molecule has 1 fully saturated rings. The average molecular weight is 249 g/mol. The van der Waals surface area contributed by atoms with Gasteiger partial charge in [0.2, 0.25) is 0 Å². The van der Waals surface area contributed by atoms with Crippen molar-refractivity contribution < 1.29 is 0 Å². The van der Waals surface area contributed by atoms with E-state index in [1.165, 1.54) is 32.1 Å². The monoisotopic (exact) mass is 248 g/mol. The fourth-order valence-electron chi connectivity index (χ4n) is 2.37. The molecule has 0 amide bonds. The van der Waals surface area contributed by atoms with E-state index in [2.05, 4.69) is 11.4 Å². The van der Waals surface area contributed by atoms with Crippen LogP contribution in [0.5, 0.6) is 0 Å². The quantitative estimate of drug-likeness (QED) is 0.883. The zero-order valence-corrected chi connectivity index (χ0v) is 10.6.